The van der Waals surface area contributed by atoms with Crippen molar-refractivity contribution in [2.45, 2.75) is 19.9 Å². The van der Waals surface area contributed by atoms with E-state index in [1.807, 2.05) is 13.8 Å². The zero-order valence-corrected chi connectivity index (χ0v) is 9.99. The Labute approximate surface area is 99.8 Å². The predicted molar refractivity (Wildman–Crippen MR) is 63.6 cm³/mol. The molecular weight excluding hydrogens is 226 g/mol. The van der Waals surface area contributed by atoms with E-state index >= 15 is 0 Å². The van der Waals surface area contributed by atoms with Gasteiger partial charge in [0.25, 0.3) is 5.91 Å². The Bertz CT molecular complexity index is 390. The molecule has 4 heteroatoms. The zero-order chi connectivity index (χ0) is 12.1. The summed E-state index contributed by atoms with van der Waals surface area (Å²) < 4.78 is 0. The van der Waals surface area contributed by atoms with E-state index in [-0.39, 0.29) is 11.8 Å². The van der Waals surface area contributed by atoms with Crippen LogP contribution in [0.3, 0.4) is 0 Å². The van der Waals surface area contributed by atoms with Crippen LogP contribution in [0.25, 0.3) is 0 Å². The van der Waals surface area contributed by atoms with E-state index in [1.165, 1.54) is 0 Å². The maximum atomic E-state index is 11.8. The molecule has 0 heterocycles. The standard InChI is InChI=1S/C12H14ClNO2/c1-8(2)11(7-15)14-12(16)9-5-3-4-6-10(9)13/h3-8,11H,1-2H3,(H,14,16)/t11-/m1/s1. The molecular formula is C12H14ClNO2. The van der Waals surface area contributed by atoms with Gasteiger partial charge in [-0.3, -0.25) is 4.79 Å². The molecule has 0 aliphatic carbocycles. The number of halogens is 1. The van der Waals surface area contributed by atoms with Crippen LogP contribution in [0.4, 0.5) is 0 Å². The highest BCUT2D eigenvalue weighted by Gasteiger charge is 2.17. The van der Waals surface area contributed by atoms with Crippen LogP contribution in [-0.4, -0.2) is 18.2 Å². The lowest BCUT2D eigenvalue weighted by molar-refractivity contribution is -0.110. The smallest absolute Gasteiger partial charge is 0.253 e. The SMILES string of the molecule is CC(C)[C@@H](C=O)NC(=O)c1ccccc1Cl. The first-order chi connectivity index (χ1) is 7.56. The normalized spacial score (nSPS) is 12.2. The minimum absolute atomic E-state index is 0.0592. The molecule has 0 aliphatic heterocycles. The summed E-state index contributed by atoms with van der Waals surface area (Å²) >= 11 is 5.88. The lowest BCUT2D eigenvalue weighted by Gasteiger charge is -2.16. The minimum Gasteiger partial charge on any atom is -0.342 e. The molecule has 0 saturated heterocycles. The van der Waals surface area contributed by atoms with Gasteiger partial charge in [-0.1, -0.05) is 37.6 Å². The molecule has 1 aromatic carbocycles. The molecule has 0 radical (unpaired) electrons. The number of amides is 1. The van der Waals surface area contributed by atoms with Gasteiger partial charge in [-0.15, -0.1) is 0 Å². The molecule has 0 aliphatic rings. The Morgan fingerprint density at radius 3 is 2.50 bits per heavy atom. The van der Waals surface area contributed by atoms with E-state index in [4.69, 9.17) is 11.6 Å². The van der Waals surface area contributed by atoms with Crippen molar-refractivity contribution in [1.82, 2.24) is 5.32 Å². The topological polar surface area (TPSA) is 46.2 Å². The van der Waals surface area contributed by atoms with E-state index in [0.29, 0.717) is 10.6 Å². The zero-order valence-electron chi connectivity index (χ0n) is 9.24. The molecule has 0 saturated carbocycles. The van der Waals surface area contributed by atoms with Gasteiger partial charge in [-0.25, -0.2) is 0 Å². The van der Waals surface area contributed by atoms with E-state index in [1.54, 1.807) is 24.3 Å². The van der Waals surface area contributed by atoms with Crippen molar-refractivity contribution in [3.8, 4) is 0 Å². The molecule has 1 atom stereocenters. The van der Waals surface area contributed by atoms with Crippen molar-refractivity contribution in [1.29, 1.82) is 0 Å². The predicted octanol–water partition coefficient (Wildman–Crippen LogP) is 2.29. The average Bonchev–Trinajstić information content (AvgIpc) is 2.25. The summed E-state index contributed by atoms with van der Waals surface area (Å²) in [5, 5.41) is 3.01. The Balaban J connectivity index is 2.80. The average molecular weight is 240 g/mol. The van der Waals surface area contributed by atoms with Crippen LogP contribution in [0.15, 0.2) is 24.3 Å². The second kappa shape index (κ2) is 5.66. The third-order valence-electron chi connectivity index (χ3n) is 2.28. The second-order valence-electron chi connectivity index (χ2n) is 3.86. The largest absolute Gasteiger partial charge is 0.342 e. The first kappa shape index (κ1) is 12.7. The van der Waals surface area contributed by atoms with Gasteiger partial charge >= 0.3 is 0 Å². The van der Waals surface area contributed by atoms with Gasteiger partial charge in [0, 0.05) is 0 Å². The molecule has 86 valence electrons. The van der Waals surface area contributed by atoms with Gasteiger partial charge in [-0.2, -0.15) is 0 Å². The fraction of sp³-hybridized carbons (Fsp3) is 0.333. The van der Waals surface area contributed by atoms with Crippen LogP contribution in [0.1, 0.15) is 24.2 Å². The van der Waals surface area contributed by atoms with Crippen molar-refractivity contribution in [3.05, 3.63) is 34.9 Å². The summed E-state index contributed by atoms with van der Waals surface area (Å²) in [6.45, 7) is 3.73. The summed E-state index contributed by atoms with van der Waals surface area (Å²) in [6.07, 6.45) is 0.736. The quantitative estimate of drug-likeness (QED) is 0.820. The maximum absolute atomic E-state index is 11.8. The first-order valence-electron chi connectivity index (χ1n) is 5.07. The number of nitrogens with one attached hydrogen (secondary N) is 1. The third kappa shape index (κ3) is 3.07. The van der Waals surface area contributed by atoms with E-state index < -0.39 is 6.04 Å². The molecule has 1 aromatic rings. The highest BCUT2D eigenvalue weighted by atomic mass is 35.5. The fourth-order valence-corrected chi connectivity index (χ4v) is 1.45. The van der Waals surface area contributed by atoms with Crippen molar-refractivity contribution < 1.29 is 9.59 Å². The molecule has 1 N–H and O–H groups in total. The van der Waals surface area contributed by atoms with Crippen molar-refractivity contribution in [3.63, 3.8) is 0 Å². The molecule has 16 heavy (non-hydrogen) atoms. The summed E-state index contributed by atoms with van der Waals surface area (Å²) in [7, 11) is 0. The van der Waals surface area contributed by atoms with Gasteiger partial charge in [-0.05, 0) is 18.1 Å². The minimum atomic E-state index is -0.483. The number of benzene rings is 1. The van der Waals surface area contributed by atoms with Gasteiger partial charge in [0.15, 0.2) is 0 Å². The van der Waals surface area contributed by atoms with Crippen LogP contribution in [0.5, 0.6) is 0 Å². The molecule has 0 unspecified atom stereocenters. The number of carbonyl (C=O) groups excluding carboxylic acids is 2. The van der Waals surface area contributed by atoms with E-state index in [2.05, 4.69) is 5.32 Å². The van der Waals surface area contributed by atoms with Crippen LogP contribution in [0, 0.1) is 5.92 Å². The highest BCUT2D eigenvalue weighted by molar-refractivity contribution is 6.33. The van der Waals surface area contributed by atoms with Crippen LogP contribution in [-0.2, 0) is 4.79 Å². The molecule has 0 aromatic heterocycles. The highest BCUT2D eigenvalue weighted by Crippen LogP contribution is 2.15. The Morgan fingerprint density at radius 1 is 1.38 bits per heavy atom. The molecule has 1 rings (SSSR count). The Kier molecular flexibility index (Phi) is 4.50. The Hall–Kier alpha value is -1.35. The summed E-state index contributed by atoms with van der Waals surface area (Å²) in [6, 6.07) is 6.26. The molecule has 1 amide bonds. The number of hydrogen-bond donors (Lipinski definition) is 1. The van der Waals surface area contributed by atoms with Gasteiger partial charge in [0.2, 0.25) is 0 Å². The number of aldehydes is 1. The van der Waals surface area contributed by atoms with Gasteiger partial charge in [0.1, 0.15) is 6.29 Å². The molecule has 0 spiro atoms. The van der Waals surface area contributed by atoms with Crippen LogP contribution in [0.2, 0.25) is 5.02 Å². The maximum Gasteiger partial charge on any atom is 0.253 e. The third-order valence-corrected chi connectivity index (χ3v) is 2.61. The number of hydrogen-bond acceptors (Lipinski definition) is 2. The first-order valence-corrected chi connectivity index (χ1v) is 5.44. The molecule has 0 fully saturated rings. The van der Waals surface area contributed by atoms with Gasteiger partial charge < -0.3 is 10.1 Å². The summed E-state index contributed by atoms with van der Waals surface area (Å²) in [5.41, 5.74) is 0.386. The monoisotopic (exact) mass is 239 g/mol. The fourth-order valence-electron chi connectivity index (χ4n) is 1.23. The van der Waals surface area contributed by atoms with Crippen LogP contribution < -0.4 is 5.32 Å². The van der Waals surface area contributed by atoms with Crippen LogP contribution >= 0.6 is 11.6 Å². The van der Waals surface area contributed by atoms with E-state index in [9.17, 15) is 9.59 Å². The van der Waals surface area contributed by atoms with Crippen molar-refractivity contribution in [2.24, 2.45) is 5.92 Å². The van der Waals surface area contributed by atoms with E-state index in [0.717, 1.165) is 6.29 Å². The number of carbonyl (C=O) groups is 2. The van der Waals surface area contributed by atoms with Crippen molar-refractivity contribution in [2.75, 3.05) is 0 Å². The van der Waals surface area contributed by atoms with Gasteiger partial charge in [0.05, 0.1) is 16.6 Å². The second-order valence-corrected chi connectivity index (χ2v) is 4.27. The Morgan fingerprint density at radius 2 is 2.00 bits per heavy atom. The summed E-state index contributed by atoms with van der Waals surface area (Å²) in [5.74, 6) is -0.264. The lowest BCUT2D eigenvalue weighted by Crippen LogP contribution is -2.39. The molecule has 0 bridgehead atoms. The van der Waals surface area contributed by atoms with Crippen molar-refractivity contribution >= 4 is 23.8 Å². The summed E-state index contributed by atoms with van der Waals surface area (Å²) in [4.78, 5) is 22.5. The number of rotatable bonds is 4. The molecule has 3 nitrogen and oxygen atoms in total. The lowest BCUT2D eigenvalue weighted by atomic mass is 10.1.